The number of hydrogen-bond acceptors (Lipinski definition) is 3. The third-order valence-corrected chi connectivity index (χ3v) is 3.16. The topological polar surface area (TPSA) is 64.4 Å². The highest BCUT2D eigenvalue weighted by Crippen LogP contribution is 2.24. The molecule has 1 fully saturated rings. The highest BCUT2D eigenvalue weighted by molar-refractivity contribution is 6.31. The van der Waals surface area contributed by atoms with Gasteiger partial charge in [0, 0.05) is 6.54 Å². The quantitative estimate of drug-likeness (QED) is 0.884. The van der Waals surface area contributed by atoms with Crippen LogP contribution in [0, 0.1) is 5.82 Å². The van der Waals surface area contributed by atoms with Crippen molar-refractivity contribution in [3.8, 4) is 0 Å². The average molecular weight is 273 g/mol. The zero-order valence-electron chi connectivity index (χ0n) is 9.66. The summed E-state index contributed by atoms with van der Waals surface area (Å²) in [7, 11) is 0. The van der Waals surface area contributed by atoms with E-state index in [-0.39, 0.29) is 22.7 Å². The van der Waals surface area contributed by atoms with E-state index in [0.29, 0.717) is 13.0 Å². The van der Waals surface area contributed by atoms with Crippen LogP contribution in [-0.4, -0.2) is 24.7 Å². The second-order valence-corrected chi connectivity index (χ2v) is 4.56. The van der Waals surface area contributed by atoms with Crippen molar-refractivity contribution >= 4 is 23.2 Å². The number of benzene rings is 1. The van der Waals surface area contributed by atoms with E-state index in [1.165, 1.54) is 12.1 Å². The Morgan fingerprint density at radius 2 is 2.33 bits per heavy atom. The van der Waals surface area contributed by atoms with Gasteiger partial charge in [-0.3, -0.25) is 4.79 Å². The first-order valence-electron chi connectivity index (χ1n) is 5.72. The molecule has 0 aromatic heterocycles. The fourth-order valence-corrected chi connectivity index (χ4v) is 2.06. The Morgan fingerprint density at radius 3 is 3.00 bits per heavy atom. The molecule has 1 amide bonds. The summed E-state index contributed by atoms with van der Waals surface area (Å²) in [6.45, 7) is 0.384. The van der Waals surface area contributed by atoms with Crippen LogP contribution in [0.15, 0.2) is 18.2 Å². The zero-order chi connectivity index (χ0) is 13.1. The maximum absolute atomic E-state index is 13.6. The molecule has 0 spiro atoms. The number of amides is 1. The van der Waals surface area contributed by atoms with Gasteiger partial charge in [-0.05, 0) is 25.0 Å². The summed E-state index contributed by atoms with van der Waals surface area (Å²) in [5, 5.41) is 2.45. The highest BCUT2D eigenvalue weighted by Gasteiger charge is 2.30. The van der Waals surface area contributed by atoms with E-state index in [1.807, 2.05) is 0 Å². The van der Waals surface area contributed by atoms with E-state index < -0.39 is 11.9 Å². The Balaban J connectivity index is 2.01. The summed E-state index contributed by atoms with van der Waals surface area (Å²) >= 11 is 5.63. The highest BCUT2D eigenvalue weighted by atomic mass is 35.5. The summed E-state index contributed by atoms with van der Waals surface area (Å²) in [5.74, 6) is -1.01. The molecule has 0 saturated carbocycles. The molecular formula is C12H14ClFN2O2. The number of carbonyl (C=O) groups is 1. The largest absolute Gasteiger partial charge is 0.364 e. The first-order valence-corrected chi connectivity index (χ1v) is 6.10. The molecule has 0 bridgehead atoms. The second-order valence-electron chi connectivity index (χ2n) is 4.15. The molecule has 2 unspecified atom stereocenters. The molecule has 2 rings (SSSR count). The Labute approximate surface area is 109 Å². The molecule has 4 nitrogen and oxygen atoms in total. The third-order valence-electron chi connectivity index (χ3n) is 2.87. The fourth-order valence-electron chi connectivity index (χ4n) is 1.89. The van der Waals surface area contributed by atoms with E-state index in [0.717, 1.165) is 6.42 Å². The van der Waals surface area contributed by atoms with Crippen LogP contribution in [0.5, 0.6) is 0 Å². The fraction of sp³-hybridized carbons (Fsp3) is 0.417. The number of rotatable bonds is 3. The van der Waals surface area contributed by atoms with Gasteiger partial charge in [-0.2, -0.15) is 0 Å². The zero-order valence-corrected chi connectivity index (χ0v) is 10.4. The van der Waals surface area contributed by atoms with Gasteiger partial charge in [-0.1, -0.05) is 17.7 Å². The lowest BCUT2D eigenvalue weighted by molar-refractivity contribution is -0.126. The maximum atomic E-state index is 13.6. The number of nitrogens with two attached hydrogens (primary N) is 1. The molecule has 1 heterocycles. The SMILES string of the molecule is NCC1CCC(C(=O)Nc2cccc(Cl)c2F)O1. The third kappa shape index (κ3) is 2.80. The number of anilines is 1. The van der Waals surface area contributed by atoms with Gasteiger partial charge in [0.15, 0.2) is 5.82 Å². The molecule has 3 N–H and O–H groups in total. The molecule has 1 aliphatic heterocycles. The summed E-state index contributed by atoms with van der Waals surface area (Å²) in [4.78, 5) is 11.9. The Kier molecular flexibility index (Phi) is 4.16. The summed E-state index contributed by atoms with van der Waals surface area (Å²) in [6, 6.07) is 4.44. The Morgan fingerprint density at radius 1 is 1.56 bits per heavy atom. The standard InChI is InChI=1S/C12H14ClFN2O2/c13-8-2-1-3-9(11(8)14)16-12(17)10-5-4-7(6-15)18-10/h1-3,7,10H,4-6,15H2,(H,16,17). The van der Waals surface area contributed by atoms with E-state index in [9.17, 15) is 9.18 Å². The van der Waals surface area contributed by atoms with Crippen molar-refractivity contribution < 1.29 is 13.9 Å². The average Bonchev–Trinajstić information content (AvgIpc) is 2.83. The van der Waals surface area contributed by atoms with E-state index in [1.54, 1.807) is 6.07 Å². The molecule has 0 radical (unpaired) electrons. The van der Waals surface area contributed by atoms with Crippen molar-refractivity contribution in [1.29, 1.82) is 0 Å². The van der Waals surface area contributed by atoms with E-state index in [4.69, 9.17) is 22.1 Å². The summed E-state index contributed by atoms with van der Waals surface area (Å²) in [5.41, 5.74) is 5.52. The lowest BCUT2D eigenvalue weighted by Crippen LogP contribution is -2.30. The molecule has 18 heavy (non-hydrogen) atoms. The van der Waals surface area contributed by atoms with Crippen molar-refractivity contribution in [3.63, 3.8) is 0 Å². The number of halogens is 2. The minimum absolute atomic E-state index is 0.0278. The summed E-state index contributed by atoms with van der Waals surface area (Å²) < 4.78 is 19.0. The van der Waals surface area contributed by atoms with Crippen LogP contribution in [0.1, 0.15) is 12.8 Å². The number of carbonyl (C=O) groups excluding carboxylic acids is 1. The molecular weight excluding hydrogens is 259 g/mol. The van der Waals surface area contributed by atoms with Gasteiger partial charge in [-0.15, -0.1) is 0 Å². The predicted molar refractivity (Wildman–Crippen MR) is 67.0 cm³/mol. The van der Waals surface area contributed by atoms with E-state index >= 15 is 0 Å². The van der Waals surface area contributed by atoms with Crippen molar-refractivity contribution in [2.24, 2.45) is 5.73 Å². The van der Waals surface area contributed by atoms with Crippen LogP contribution in [-0.2, 0) is 9.53 Å². The number of hydrogen-bond donors (Lipinski definition) is 2. The predicted octanol–water partition coefficient (Wildman–Crippen LogP) is 1.92. The van der Waals surface area contributed by atoms with Crippen LogP contribution >= 0.6 is 11.6 Å². The van der Waals surface area contributed by atoms with Crippen LogP contribution in [0.25, 0.3) is 0 Å². The van der Waals surface area contributed by atoms with Gasteiger partial charge < -0.3 is 15.8 Å². The normalized spacial score (nSPS) is 23.1. The molecule has 1 aromatic rings. The lowest BCUT2D eigenvalue weighted by Gasteiger charge is -2.13. The van der Waals surface area contributed by atoms with Gasteiger partial charge in [0.25, 0.3) is 5.91 Å². The molecule has 98 valence electrons. The number of ether oxygens (including phenoxy) is 1. The van der Waals surface area contributed by atoms with Crippen molar-refractivity contribution in [1.82, 2.24) is 0 Å². The van der Waals surface area contributed by atoms with Crippen molar-refractivity contribution in [2.75, 3.05) is 11.9 Å². The van der Waals surface area contributed by atoms with Gasteiger partial charge in [0.05, 0.1) is 16.8 Å². The monoisotopic (exact) mass is 272 g/mol. The van der Waals surface area contributed by atoms with Gasteiger partial charge in [0.1, 0.15) is 6.10 Å². The van der Waals surface area contributed by atoms with Gasteiger partial charge in [0.2, 0.25) is 0 Å². The van der Waals surface area contributed by atoms with Crippen molar-refractivity contribution in [3.05, 3.63) is 29.0 Å². The minimum Gasteiger partial charge on any atom is -0.364 e. The minimum atomic E-state index is -0.638. The molecule has 1 aromatic carbocycles. The molecule has 6 heteroatoms. The molecule has 1 aliphatic rings. The van der Waals surface area contributed by atoms with Gasteiger partial charge in [-0.25, -0.2) is 4.39 Å². The van der Waals surface area contributed by atoms with Crippen LogP contribution < -0.4 is 11.1 Å². The lowest BCUT2D eigenvalue weighted by atomic mass is 10.2. The smallest absolute Gasteiger partial charge is 0.253 e. The number of nitrogens with one attached hydrogen (secondary N) is 1. The summed E-state index contributed by atoms with van der Waals surface area (Å²) in [6.07, 6.45) is 0.671. The first kappa shape index (κ1) is 13.3. The Bertz CT molecular complexity index is 456. The van der Waals surface area contributed by atoms with Crippen LogP contribution in [0.4, 0.5) is 10.1 Å². The molecule has 2 atom stereocenters. The Hall–Kier alpha value is -1.17. The van der Waals surface area contributed by atoms with E-state index in [2.05, 4.69) is 5.32 Å². The second kappa shape index (κ2) is 5.65. The van der Waals surface area contributed by atoms with Crippen LogP contribution in [0.2, 0.25) is 5.02 Å². The van der Waals surface area contributed by atoms with Crippen molar-refractivity contribution in [2.45, 2.75) is 25.0 Å². The van der Waals surface area contributed by atoms with Crippen LogP contribution in [0.3, 0.4) is 0 Å². The molecule has 0 aliphatic carbocycles. The first-order chi connectivity index (χ1) is 8.61. The maximum Gasteiger partial charge on any atom is 0.253 e. The molecule has 1 saturated heterocycles. The van der Waals surface area contributed by atoms with Gasteiger partial charge >= 0.3 is 0 Å².